The van der Waals surface area contributed by atoms with Crippen molar-refractivity contribution in [1.29, 1.82) is 0 Å². The predicted molar refractivity (Wildman–Crippen MR) is 59.2 cm³/mol. The van der Waals surface area contributed by atoms with Crippen LogP contribution >= 0.6 is 0 Å². The summed E-state index contributed by atoms with van der Waals surface area (Å²) in [6.07, 6.45) is 5.62. The molecule has 2 aromatic rings. The fourth-order valence-corrected chi connectivity index (χ4v) is 1.65. The first kappa shape index (κ1) is 9.41. The summed E-state index contributed by atoms with van der Waals surface area (Å²) in [6.45, 7) is 0.380. The third-order valence-electron chi connectivity index (χ3n) is 2.60. The lowest BCUT2D eigenvalue weighted by Gasteiger charge is -2.05. The van der Waals surface area contributed by atoms with Crippen molar-refractivity contribution in [3.63, 3.8) is 0 Å². The van der Waals surface area contributed by atoms with Gasteiger partial charge >= 0.3 is 0 Å². The van der Waals surface area contributed by atoms with Crippen molar-refractivity contribution >= 4 is 11.5 Å². The molecule has 6 heteroatoms. The van der Waals surface area contributed by atoms with Crippen LogP contribution in [0.1, 0.15) is 18.5 Å². The zero-order valence-corrected chi connectivity index (χ0v) is 8.72. The highest BCUT2D eigenvalue weighted by Gasteiger charge is 2.23. The Morgan fingerprint density at radius 2 is 2.25 bits per heavy atom. The van der Waals surface area contributed by atoms with E-state index in [1.54, 1.807) is 10.6 Å². The summed E-state index contributed by atoms with van der Waals surface area (Å²) < 4.78 is 1.75. The van der Waals surface area contributed by atoms with E-state index < -0.39 is 0 Å². The van der Waals surface area contributed by atoms with Gasteiger partial charge in [0.05, 0.1) is 11.9 Å². The van der Waals surface area contributed by atoms with Crippen LogP contribution in [0.15, 0.2) is 12.4 Å². The number of anilines is 1. The van der Waals surface area contributed by atoms with Crippen molar-refractivity contribution in [3.05, 3.63) is 18.1 Å². The maximum Gasteiger partial charge on any atom is 0.230 e. The molecular weight excluding hydrogens is 206 g/mol. The number of nitrogens with one attached hydrogen (secondary N) is 1. The number of rotatable bonds is 3. The highest BCUT2D eigenvalue weighted by Crippen LogP contribution is 2.27. The minimum absolute atomic E-state index is 0.0170. The molecule has 2 heterocycles. The molecular formula is C10H13N5O. The van der Waals surface area contributed by atoms with Crippen LogP contribution in [-0.2, 0) is 6.54 Å². The number of nitrogens with zero attached hydrogens (tertiary/aromatic N) is 3. The fraction of sp³-hybridized carbons (Fsp3) is 0.400. The second kappa shape index (κ2) is 3.34. The average Bonchev–Trinajstić information content (AvgIpc) is 2.95. The van der Waals surface area contributed by atoms with Crippen LogP contribution in [0.3, 0.4) is 0 Å². The van der Waals surface area contributed by atoms with Crippen LogP contribution in [-0.4, -0.2) is 25.5 Å². The van der Waals surface area contributed by atoms with Gasteiger partial charge in [-0.15, -0.1) is 0 Å². The number of fused-ring (bicyclic) bond motifs is 1. The van der Waals surface area contributed by atoms with Crippen molar-refractivity contribution in [2.45, 2.75) is 25.4 Å². The topological polar surface area (TPSA) is 88.5 Å². The summed E-state index contributed by atoms with van der Waals surface area (Å²) in [7, 11) is 0. The van der Waals surface area contributed by atoms with E-state index in [0.717, 1.165) is 18.5 Å². The second-order valence-corrected chi connectivity index (χ2v) is 4.03. The standard InChI is InChI=1S/C10H13N5O/c11-3-7-4-15-5-8(16)14-9(10(15)13-7)12-6-1-2-6/h4-6,16H,1-3,11H2,(H,12,14). The summed E-state index contributed by atoms with van der Waals surface area (Å²) >= 11 is 0. The Balaban J connectivity index is 2.11. The monoisotopic (exact) mass is 219 g/mol. The summed E-state index contributed by atoms with van der Waals surface area (Å²) in [5.41, 5.74) is 7.03. The van der Waals surface area contributed by atoms with Crippen LogP contribution in [0.2, 0.25) is 0 Å². The third-order valence-corrected chi connectivity index (χ3v) is 2.60. The largest absolute Gasteiger partial charge is 0.492 e. The minimum Gasteiger partial charge on any atom is -0.492 e. The molecule has 0 atom stereocenters. The highest BCUT2D eigenvalue weighted by atomic mass is 16.3. The molecule has 0 unspecified atom stereocenters. The van der Waals surface area contributed by atoms with Crippen LogP contribution in [0.4, 0.5) is 5.82 Å². The Morgan fingerprint density at radius 3 is 2.94 bits per heavy atom. The second-order valence-electron chi connectivity index (χ2n) is 4.03. The lowest BCUT2D eigenvalue weighted by atomic mass is 10.5. The van der Waals surface area contributed by atoms with E-state index in [4.69, 9.17) is 5.73 Å². The third kappa shape index (κ3) is 1.57. The number of hydrogen-bond donors (Lipinski definition) is 3. The maximum absolute atomic E-state index is 9.50. The first-order chi connectivity index (χ1) is 7.76. The zero-order chi connectivity index (χ0) is 11.1. The molecule has 3 rings (SSSR count). The molecule has 0 aliphatic heterocycles. The number of aromatic nitrogens is 3. The molecule has 0 saturated heterocycles. The van der Waals surface area contributed by atoms with Crippen LogP contribution < -0.4 is 11.1 Å². The molecule has 2 aromatic heterocycles. The van der Waals surface area contributed by atoms with E-state index in [-0.39, 0.29) is 5.88 Å². The first-order valence-electron chi connectivity index (χ1n) is 5.30. The highest BCUT2D eigenvalue weighted by molar-refractivity contribution is 5.64. The Hall–Kier alpha value is -1.82. The molecule has 1 aliphatic rings. The van der Waals surface area contributed by atoms with Gasteiger partial charge in [0, 0.05) is 18.8 Å². The van der Waals surface area contributed by atoms with Gasteiger partial charge in [-0.1, -0.05) is 0 Å². The Labute approximate surface area is 92.1 Å². The Bertz CT molecular complexity index is 531. The molecule has 16 heavy (non-hydrogen) atoms. The lowest BCUT2D eigenvalue weighted by Crippen LogP contribution is -2.05. The SMILES string of the molecule is NCc1cn2cc(O)nc(NC3CC3)c2n1. The molecule has 0 bridgehead atoms. The summed E-state index contributed by atoms with van der Waals surface area (Å²) in [6, 6.07) is 0.469. The number of aromatic hydroxyl groups is 1. The molecule has 84 valence electrons. The van der Waals surface area contributed by atoms with E-state index >= 15 is 0 Å². The summed E-state index contributed by atoms with van der Waals surface area (Å²) in [4.78, 5) is 8.40. The number of imidazole rings is 1. The van der Waals surface area contributed by atoms with Gasteiger partial charge < -0.3 is 16.2 Å². The van der Waals surface area contributed by atoms with Crippen molar-refractivity contribution in [2.75, 3.05) is 5.32 Å². The van der Waals surface area contributed by atoms with Gasteiger partial charge in [0.25, 0.3) is 0 Å². The molecule has 0 aromatic carbocycles. The molecule has 6 nitrogen and oxygen atoms in total. The van der Waals surface area contributed by atoms with Gasteiger partial charge in [-0.05, 0) is 12.8 Å². The Morgan fingerprint density at radius 1 is 1.44 bits per heavy atom. The van der Waals surface area contributed by atoms with Crippen LogP contribution in [0.25, 0.3) is 5.65 Å². The van der Waals surface area contributed by atoms with Crippen LogP contribution in [0, 0.1) is 0 Å². The van der Waals surface area contributed by atoms with E-state index in [1.807, 2.05) is 0 Å². The van der Waals surface area contributed by atoms with Crippen molar-refractivity contribution in [2.24, 2.45) is 5.73 Å². The average molecular weight is 219 g/mol. The molecule has 1 saturated carbocycles. The fourth-order valence-electron chi connectivity index (χ4n) is 1.65. The minimum atomic E-state index is -0.0170. The van der Waals surface area contributed by atoms with E-state index in [1.165, 1.54) is 6.20 Å². The number of nitrogens with two attached hydrogens (primary N) is 1. The molecule has 0 radical (unpaired) electrons. The predicted octanol–water partition coefficient (Wildman–Crippen LogP) is 0.468. The Kier molecular flexibility index (Phi) is 1.97. The maximum atomic E-state index is 9.50. The van der Waals surface area contributed by atoms with Gasteiger partial charge in [0.15, 0.2) is 11.5 Å². The van der Waals surface area contributed by atoms with E-state index in [9.17, 15) is 5.11 Å². The van der Waals surface area contributed by atoms with Crippen molar-refractivity contribution < 1.29 is 5.11 Å². The molecule has 0 amide bonds. The van der Waals surface area contributed by atoms with E-state index in [0.29, 0.717) is 24.1 Å². The summed E-state index contributed by atoms with van der Waals surface area (Å²) in [5.74, 6) is 0.610. The van der Waals surface area contributed by atoms with Gasteiger partial charge in [-0.2, -0.15) is 4.98 Å². The first-order valence-corrected chi connectivity index (χ1v) is 5.30. The quantitative estimate of drug-likeness (QED) is 0.698. The molecule has 4 N–H and O–H groups in total. The van der Waals surface area contributed by atoms with Crippen molar-refractivity contribution in [3.8, 4) is 5.88 Å². The number of hydrogen-bond acceptors (Lipinski definition) is 5. The van der Waals surface area contributed by atoms with Gasteiger partial charge in [-0.3, -0.25) is 4.40 Å². The summed E-state index contributed by atoms with van der Waals surface area (Å²) in [5, 5.41) is 12.7. The van der Waals surface area contributed by atoms with E-state index in [2.05, 4.69) is 15.3 Å². The zero-order valence-electron chi connectivity index (χ0n) is 8.72. The molecule has 0 spiro atoms. The smallest absolute Gasteiger partial charge is 0.230 e. The van der Waals surface area contributed by atoms with Gasteiger partial charge in [0.2, 0.25) is 5.88 Å². The molecule has 1 aliphatic carbocycles. The lowest BCUT2D eigenvalue weighted by molar-refractivity contribution is 0.450. The normalized spacial score (nSPS) is 15.6. The van der Waals surface area contributed by atoms with Crippen molar-refractivity contribution in [1.82, 2.24) is 14.4 Å². The molecule has 1 fully saturated rings. The van der Waals surface area contributed by atoms with Gasteiger partial charge in [0.1, 0.15) is 0 Å². The van der Waals surface area contributed by atoms with Crippen LogP contribution in [0.5, 0.6) is 5.88 Å². The van der Waals surface area contributed by atoms with Gasteiger partial charge in [-0.25, -0.2) is 4.98 Å².